The third-order valence-electron chi connectivity index (χ3n) is 4.77. The van der Waals surface area contributed by atoms with Crippen molar-refractivity contribution in [3.8, 4) is 0 Å². The van der Waals surface area contributed by atoms with Crippen LogP contribution in [0.4, 0.5) is 4.79 Å². The Kier molecular flexibility index (Phi) is 6.03. The van der Waals surface area contributed by atoms with Crippen LogP contribution in [-0.2, 0) is 9.59 Å². The van der Waals surface area contributed by atoms with Gasteiger partial charge in [0.1, 0.15) is 0 Å². The highest BCUT2D eigenvalue weighted by atomic mass is 32.2. The van der Waals surface area contributed by atoms with Crippen molar-refractivity contribution in [1.82, 2.24) is 16.0 Å². The van der Waals surface area contributed by atoms with Gasteiger partial charge in [-0.1, -0.05) is 36.8 Å². The predicted molar refractivity (Wildman–Crippen MR) is 98.9 cm³/mol. The number of unbranched alkanes of at least 4 members (excludes halogenated alkanes) is 1. The molecular formula is C18H23N3O4S. The zero-order valence-electron chi connectivity index (χ0n) is 14.3. The van der Waals surface area contributed by atoms with Crippen LogP contribution in [0.2, 0.25) is 0 Å². The highest BCUT2D eigenvalue weighted by Crippen LogP contribution is 2.33. The molecule has 0 spiro atoms. The topological polar surface area (TPSA) is 108 Å². The molecule has 3 amide bonds. The largest absolute Gasteiger partial charge is 0.479 e. The summed E-state index contributed by atoms with van der Waals surface area (Å²) < 4.78 is 0. The Balaban J connectivity index is 1.40. The maximum absolute atomic E-state index is 12.1. The fourth-order valence-corrected chi connectivity index (χ4v) is 4.98. The number of hydrogen-bond acceptors (Lipinski definition) is 4. The molecule has 2 aliphatic rings. The number of fused-ring (bicyclic) bond motifs is 1. The first-order valence-electron chi connectivity index (χ1n) is 8.80. The standard InChI is InChI=1S/C18H23N3O4S/c22-14(20-15(17(23)24)11-6-2-1-3-7-11)9-5-4-8-13-16-12(10-26-13)19-18(25)21-16/h1-3,6-7,12-13,15-16H,4-5,8-10H2,(H,20,22)(H,23,24)(H2,19,21,25)/t12?,13?,15-,16?/m0/s1. The van der Waals surface area contributed by atoms with Gasteiger partial charge in [-0.15, -0.1) is 0 Å². The Bertz CT molecular complexity index is 670. The first-order valence-corrected chi connectivity index (χ1v) is 9.85. The molecule has 2 saturated heterocycles. The van der Waals surface area contributed by atoms with E-state index in [9.17, 15) is 19.5 Å². The van der Waals surface area contributed by atoms with Crippen LogP contribution in [0, 0.1) is 0 Å². The third-order valence-corrected chi connectivity index (χ3v) is 6.27. The number of carbonyl (C=O) groups is 3. The van der Waals surface area contributed by atoms with Crippen LogP contribution in [0.15, 0.2) is 30.3 Å². The minimum Gasteiger partial charge on any atom is -0.479 e. The number of amides is 3. The highest BCUT2D eigenvalue weighted by molar-refractivity contribution is 8.00. The van der Waals surface area contributed by atoms with E-state index >= 15 is 0 Å². The van der Waals surface area contributed by atoms with E-state index in [1.165, 1.54) is 0 Å². The Hall–Kier alpha value is -2.22. The smallest absolute Gasteiger partial charge is 0.330 e. The third kappa shape index (κ3) is 4.49. The lowest BCUT2D eigenvalue weighted by molar-refractivity contribution is -0.142. The molecule has 3 rings (SSSR count). The molecule has 1 aromatic carbocycles. The Morgan fingerprint density at radius 3 is 2.73 bits per heavy atom. The lowest BCUT2D eigenvalue weighted by Gasteiger charge is -2.17. The molecule has 1 aromatic rings. The van der Waals surface area contributed by atoms with Crippen LogP contribution < -0.4 is 16.0 Å². The van der Waals surface area contributed by atoms with Crippen molar-refractivity contribution in [2.24, 2.45) is 0 Å². The molecule has 0 saturated carbocycles. The lowest BCUT2D eigenvalue weighted by Crippen LogP contribution is -2.36. The summed E-state index contributed by atoms with van der Waals surface area (Å²) in [6.45, 7) is 0. The van der Waals surface area contributed by atoms with Gasteiger partial charge in [0.2, 0.25) is 5.91 Å². The quantitative estimate of drug-likeness (QED) is 0.407. The molecule has 4 atom stereocenters. The molecule has 0 radical (unpaired) electrons. The van der Waals surface area contributed by atoms with E-state index in [2.05, 4.69) is 16.0 Å². The average Bonchev–Trinajstić information content (AvgIpc) is 3.16. The van der Waals surface area contributed by atoms with E-state index in [1.807, 2.05) is 11.8 Å². The molecule has 0 aromatic heterocycles. The van der Waals surface area contributed by atoms with E-state index in [0.717, 1.165) is 18.6 Å². The first kappa shape index (κ1) is 18.6. The fraction of sp³-hybridized carbons (Fsp3) is 0.500. The maximum atomic E-state index is 12.1. The molecule has 3 unspecified atom stereocenters. The second-order valence-electron chi connectivity index (χ2n) is 6.62. The highest BCUT2D eigenvalue weighted by Gasteiger charge is 2.42. The van der Waals surface area contributed by atoms with Crippen LogP contribution in [-0.4, -0.2) is 46.1 Å². The SMILES string of the molecule is O=C(CCCCC1SCC2NC(=O)NC21)N[C@H](C(=O)O)c1ccccc1. The van der Waals surface area contributed by atoms with Gasteiger partial charge in [0.05, 0.1) is 12.1 Å². The van der Waals surface area contributed by atoms with Crippen LogP contribution >= 0.6 is 11.8 Å². The zero-order valence-corrected chi connectivity index (χ0v) is 15.1. The average molecular weight is 377 g/mol. The molecule has 0 aliphatic carbocycles. The van der Waals surface area contributed by atoms with Crippen molar-refractivity contribution in [2.45, 2.75) is 49.1 Å². The van der Waals surface area contributed by atoms with Crippen LogP contribution in [0.3, 0.4) is 0 Å². The predicted octanol–water partition coefficient (Wildman–Crippen LogP) is 1.65. The second-order valence-corrected chi connectivity index (χ2v) is 7.89. The van der Waals surface area contributed by atoms with E-state index in [4.69, 9.17) is 0 Å². The van der Waals surface area contributed by atoms with Gasteiger partial charge in [-0.25, -0.2) is 9.59 Å². The minimum absolute atomic E-state index is 0.0923. The van der Waals surface area contributed by atoms with Crippen LogP contribution in [0.1, 0.15) is 37.3 Å². The second kappa shape index (κ2) is 8.44. The van der Waals surface area contributed by atoms with Crippen molar-refractivity contribution in [3.63, 3.8) is 0 Å². The number of carboxylic acid groups (broad SMARTS) is 1. The van der Waals surface area contributed by atoms with Crippen LogP contribution in [0.25, 0.3) is 0 Å². The molecule has 7 nitrogen and oxygen atoms in total. The summed E-state index contributed by atoms with van der Waals surface area (Å²) in [6, 6.07) is 7.96. The molecule has 26 heavy (non-hydrogen) atoms. The summed E-state index contributed by atoms with van der Waals surface area (Å²) >= 11 is 1.85. The number of nitrogens with one attached hydrogen (secondary N) is 3. The van der Waals surface area contributed by atoms with Crippen molar-refractivity contribution in [3.05, 3.63) is 35.9 Å². The fourth-order valence-electron chi connectivity index (χ4n) is 3.44. The molecule has 4 N–H and O–H groups in total. The molecule has 140 valence electrons. The minimum atomic E-state index is -1.07. The molecule has 8 heteroatoms. The number of aliphatic carboxylic acids is 1. The van der Waals surface area contributed by atoms with Crippen LogP contribution in [0.5, 0.6) is 0 Å². The molecular weight excluding hydrogens is 354 g/mol. The molecule has 2 fully saturated rings. The summed E-state index contributed by atoms with van der Waals surface area (Å²) in [5, 5.41) is 18.2. The molecule has 2 heterocycles. The Morgan fingerprint density at radius 2 is 2.00 bits per heavy atom. The summed E-state index contributed by atoms with van der Waals surface area (Å²) in [6.07, 6.45) is 2.80. The summed E-state index contributed by atoms with van der Waals surface area (Å²) in [7, 11) is 0. The van der Waals surface area contributed by atoms with Gasteiger partial charge in [-0.2, -0.15) is 11.8 Å². The van der Waals surface area contributed by atoms with Gasteiger partial charge in [0, 0.05) is 17.4 Å². The van der Waals surface area contributed by atoms with E-state index in [-0.39, 0.29) is 24.0 Å². The number of hydrogen-bond donors (Lipinski definition) is 4. The van der Waals surface area contributed by atoms with Gasteiger partial charge < -0.3 is 21.1 Å². The van der Waals surface area contributed by atoms with Gasteiger partial charge in [0.15, 0.2) is 6.04 Å². The van der Waals surface area contributed by atoms with E-state index in [1.54, 1.807) is 30.3 Å². The van der Waals surface area contributed by atoms with Gasteiger partial charge in [-0.3, -0.25) is 4.79 Å². The summed E-state index contributed by atoms with van der Waals surface area (Å²) in [5.41, 5.74) is 0.561. The van der Waals surface area contributed by atoms with Gasteiger partial charge >= 0.3 is 12.0 Å². The van der Waals surface area contributed by atoms with Crippen molar-refractivity contribution in [2.75, 3.05) is 5.75 Å². The van der Waals surface area contributed by atoms with Crippen molar-refractivity contribution >= 4 is 29.7 Å². The lowest BCUT2D eigenvalue weighted by atomic mass is 10.0. The van der Waals surface area contributed by atoms with E-state index < -0.39 is 12.0 Å². The molecule has 0 bridgehead atoms. The number of thioether (sulfide) groups is 1. The first-order chi connectivity index (χ1) is 12.5. The van der Waals surface area contributed by atoms with Gasteiger partial charge in [-0.05, 0) is 18.4 Å². The van der Waals surface area contributed by atoms with Gasteiger partial charge in [0.25, 0.3) is 0 Å². The van der Waals surface area contributed by atoms with Crippen molar-refractivity contribution < 1.29 is 19.5 Å². The maximum Gasteiger partial charge on any atom is 0.330 e. The zero-order chi connectivity index (χ0) is 18.5. The molecule has 2 aliphatic heterocycles. The normalized spacial score (nSPS) is 25.1. The summed E-state index contributed by atoms with van der Waals surface area (Å²) in [4.78, 5) is 34.9. The van der Waals surface area contributed by atoms with E-state index in [0.29, 0.717) is 23.7 Å². The Morgan fingerprint density at radius 1 is 1.23 bits per heavy atom. The number of urea groups is 1. The number of carbonyl (C=O) groups excluding carboxylic acids is 2. The van der Waals surface area contributed by atoms with Crippen molar-refractivity contribution in [1.29, 1.82) is 0 Å². The Labute approximate surface area is 156 Å². The monoisotopic (exact) mass is 377 g/mol. The summed E-state index contributed by atoms with van der Waals surface area (Å²) in [5.74, 6) is -0.400. The number of benzene rings is 1. The number of carboxylic acids is 1. The number of rotatable bonds is 8.